The normalized spacial score (nSPS) is 11.5. The van der Waals surface area contributed by atoms with Crippen molar-refractivity contribution >= 4 is 33.1 Å². The first-order valence-electron chi connectivity index (χ1n) is 6.68. The highest BCUT2D eigenvalue weighted by atomic mass is 79.9. The van der Waals surface area contributed by atoms with Crippen molar-refractivity contribution in [2.24, 2.45) is 10.9 Å². The zero-order valence-electron chi connectivity index (χ0n) is 12.0. The van der Waals surface area contributed by atoms with E-state index in [9.17, 15) is 0 Å². The van der Waals surface area contributed by atoms with Gasteiger partial charge in [-0.15, -0.1) is 0 Å². The monoisotopic (exact) mass is 347 g/mol. The Bertz CT molecular complexity index is 653. The number of nitrogens with zero attached hydrogens (tertiary/aromatic N) is 2. The predicted molar refractivity (Wildman–Crippen MR) is 90.5 cm³/mol. The molecule has 0 radical (unpaired) electrons. The minimum Gasteiger partial charge on any atom is -0.409 e. The minimum absolute atomic E-state index is 0.0978. The van der Waals surface area contributed by atoms with Gasteiger partial charge in [-0.25, -0.2) is 0 Å². The third-order valence-corrected chi connectivity index (χ3v) is 3.94. The molecule has 0 aliphatic heterocycles. The average molecular weight is 348 g/mol. The molecule has 0 aliphatic carbocycles. The Kier molecular flexibility index (Phi) is 4.85. The molecular formula is C16H18BrN3O. The molecule has 4 nitrogen and oxygen atoms in total. The van der Waals surface area contributed by atoms with E-state index < -0.39 is 0 Å². The molecule has 0 saturated heterocycles. The Labute approximate surface area is 133 Å². The van der Waals surface area contributed by atoms with Crippen molar-refractivity contribution in [1.29, 1.82) is 0 Å². The van der Waals surface area contributed by atoms with Crippen LogP contribution in [0, 0.1) is 6.92 Å². The van der Waals surface area contributed by atoms with Gasteiger partial charge < -0.3 is 15.8 Å². The van der Waals surface area contributed by atoms with E-state index in [-0.39, 0.29) is 5.84 Å². The summed E-state index contributed by atoms with van der Waals surface area (Å²) in [7, 11) is 0. The highest BCUT2D eigenvalue weighted by Gasteiger charge is 2.12. The lowest BCUT2D eigenvalue weighted by atomic mass is 10.1. The van der Waals surface area contributed by atoms with Crippen LogP contribution >= 0.6 is 15.9 Å². The minimum atomic E-state index is 0.0978. The number of oxime groups is 1. The van der Waals surface area contributed by atoms with Gasteiger partial charge in [-0.3, -0.25) is 0 Å². The quantitative estimate of drug-likeness (QED) is 0.380. The second-order valence-corrected chi connectivity index (χ2v) is 5.59. The Morgan fingerprint density at radius 1 is 1.24 bits per heavy atom. The number of hydrogen-bond donors (Lipinski definition) is 2. The molecule has 0 heterocycles. The van der Waals surface area contributed by atoms with Crippen molar-refractivity contribution in [2.75, 3.05) is 11.4 Å². The number of nitrogens with two attached hydrogens (primary N) is 1. The van der Waals surface area contributed by atoms with E-state index in [4.69, 9.17) is 10.9 Å². The number of aryl methyl sites for hydroxylation is 1. The lowest BCUT2D eigenvalue weighted by Gasteiger charge is -2.25. The molecule has 0 unspecified atom stereocenters. The summed E-state index contributed by atoms with van der Waals surface area (Å²) in [4.78, 5) is 2.19. The third kappa shape index (κ3) is 3.36. The first-order chi connectivity index (χ1) is 10.1. The van der Waals surface area contributed by atoms with Crippen molar-refractivity contribution in [1.82, 2.24) is 0 Å². The molecule has 0 spiro atoms. The van der Waals surface area contributed by atoms with Crippen LogP contribution in [0.2, 0.25) is 0 Å². The van der Waals surface area contributed by atoms with Gasteiger partial charge in [0.05, 0.1) is 5.69 Å². The fourth-order valence-corrected chi connectivity index (χ4v) is 2.75. The lowest BCUT2D eigenvalue weighted by molar-refractivity contribution is 0.318. The summed E-state index contributed by atoms with van der Waals surface area (Å²) in [6.07, 6.45) is 0. The molecule has 5 heteroatoms. The van der Waals surface area contributed by atoms with Gasteiger partial charge in [0.25, 0.3) is 0 Å². The van der Waals surface area contributed by atoms with Crippen LogP contribution in [0.5, 0.6) is 0 Å². The topological polar surface area (TPSA) is 61.8 Å². The first-order valence-corrected chi connectivity index (χ1v) is 7.47. The fraction of sp³-hybridized carbons (Fsp3) is 0.188. The Balaban J connectivity index is 2.41. The van der Waals surface area contributed by atoms with Gasteiger partial charge in [0, 0.05) is 22.3 Å². The Morgan fingerprint density at radius 3 is 2.43 bits per heavy atom. The van der Waals surface area contributed by atoms with Gasteiger partial charge in [0.2, 0.25) is 0 Å². The van der Waals surface area contributed by atoms with Crippen LogP contribution in [0.4, 0.5) is 11.4 Å². The number of halogens is 1. The lowest BCUT2D eigenvalue weighted by Crippen LogP contribution is -2.18. The SMILES string of the molecule is CCN(c1ccc(C)cc1)c1ccc(/C(N)=N/O)cc1Br. The average Bonchev–Trinajstić information content (AvgIpc) is 2.50. The fourth-order valence-electron chi connectivity index (χ4n) is 2.16. The predicted octanol–water partition coefficient (Wildman–Crippen LogP) is 4.01. The van der Waals surface area contributed by atoms with Crippen molar-refractivity contribution in [3.05, 3.63) is 58.1 Å². The third-order valence-electron chi connectivity index (χ3n) is 3.30. The van der Waals surface area contributed by atoms with Gasteiger partial charge in [-0.05, 0) is 60.1 Å². The van der Waals surface area contributed by atoms with E-state index in [1.165, 1.54) is 5.56 Å². The highest BCUT2D eigenvalue weighted by Crippen LogP contribution is 2.32. The van der Waals surface area contributed by atoms with Crippen LogP contribution in [-0.2, 0) is 0 Å². The molecule has 2 rings (SSSR count). The van der Waals surface area contributed by atoms with Crippen molar-refractivity contribution < 1.29 is 5.21 Å². The molecule has 3 N–H and O–H groups in total. The van der Waals surface area contributed by atoms with E-state index in [1.807, 2.05) is 18.2 Å². The zero-order chi connectivity index (χ0) is 15.4. The molecule has 0 fully saturated rings. The summed E-state index contributed by atoms with van der Waals surface area (Å²) in [5, 5.41) is 11.8. The van der Waals surface area contributed by atoms with E-state index in [0.717, 1.165) is 22.4 Å². The molecule has 2 aromatic rings. The van der Waals surface area contributed by atoms with E-state index >= 15 is 0 Å². The van der Waals surface area contributed by atoms with E-state index in [1.54, 1.807) is 0 Å². The van der Waals surface area contributed by atoms with Crippen LogP contribution in [0.3, 0.4) is 0 Å². The van der Waals surface area contributed by atoms with Gasteiger partial charge >= 0.3 is 0 Å². The molecule has 21 heavy (non-hydrogen) atoms. The van der Waals surface area contributed by atoms with E-state index in [2.05, 4.69) is 64.1 Å². The molecule has 0 atom stereocenters. The van der Waals surface area contributed by atoms with Crippen LogP contribution in [0.1, 0.15) is 18.1 Å². The Hall–Kier alpha value is -2.01. The van der Waals surface area contributed by atoms with E-state index in [0.29, 0.717) is 5.56 Å². The molecule has 0 amide bonds. The molecule has 0 bridgehead atoms. The second kappa shape index (κ2) is 6.63. The summed E-state index contributed by atoms with van der Waals surface area (Å²) in [6.45, 7) is 5.01. The first kappa shape index (κ1) is 15.4. The molecular weight excluding hydrogens is 330 g/mol. The highest BCUT2D eigenvalue weighted by molar-refractivity contribution is 9.10. The summed E-state index contributed by atoms with van der Waals surface area (Å²) in [5.41, 5.74) is 9.68. The van der Waals surface area contributed by atoms with Gasteiger partial charge in [-0.2, -0.15) is 0 Å². The summed E-state index contributed by atoms with van der Waals surface area (Å²) in [5.74, 6) is 0.0978. The maximum absolute atomic E-state index is 8.74. The molecule has 110 valence electrons. The smallest absolute Gasteiger partial charge is 0.170 e. The molecule has 0 aromatic heterocycles. The van der Waals surface area contributed by atoms with Crippen molar-refractivity contribution in [2.45, 2.75) is 13.8 Å². The van der Waals surface area contributed by atoms with Gasteiger partial charge in [0.15, 0.2) is 5.84 Å². The van der Waals surface area contributed by atoms with Crippen molar-refractivity contribution in [3.8, 4) is 0 Å². The van der Waals surface area contributed by atoms with Crippen molar-refractivity contribution in [3.63, 3.8) is 0 Å². The van der Waals surface area contributed by atoms with Crippen LogP contribution in [0.15, 0.2) is 52.1 Å². The second-order valence-electron chi connectivity index (χ2n) is 4.73. The maximum Gasteiger partial charge on any atom is 0.170 e. The summed E-state index contributed by atoms with van der Waals surface area (Å²) >= 11 is 3.56. The van der Waals surface area contributed by atoms with Crippen LogP contribution in [-0.4, -0.2) is 17.6 Å². The number of amidine groups is 1. The van der Waals surface area contributed by atoms with Crippen LogP contribution in [0.25, 0.3) is 0 Å². The largest absolute Gasteiger partial charge is 0.409 e. The number of anilines is 2. The van der Waals surface area contributed by atoms with Crippen LogP contribution < -0.4 is 10.6 Å². The number of benzene rings is 2. The number of hydrogen-bond acceptors (Lipinski definition) is 3. The number of rotatable bonds is 4. The zero-order valence-corrected chi connectivity index (χ0v) is 13.6. The molecule has 0 aliphatic rings. The maximum atomic E-state index is 8.74. The summed E-state index contributed by atoms with van der Waals surface area (Å²) in [6, 6.07) is 14.0. The summed E-state index contributed by atoms with van der Waals surface area (Å²) < 4.78 is 0.897. The molecule has 2 aromatic carbocycles. The molecule has 0 saturated carbocycles. The Morgan fingerprint density at radius 2 is 1.90 bits per heavy atom. The standard InChI is InChI=1S/C16H18BrN3O/c1-3-20(13-7-4-11(2)5-8-13)15-9-6-12(10-14(15)17)16(18)19-21/h4-10,21H,3H2,1-2H3,(H2,18,19). The van der Waals surface area contributed by atoms with Gasteiger partial charge in [0.1, 0.15) is 0 Å². The van der Waals surface area contributed by atoms with Gasteiger partial charge in [-0.1, -0.05) is 22.9 Å².